The van der Waals surface area contributed by atoms with Gasteiger partial charge in [0.05, 0.1) is 5.69 Å². The first-order valence-corrected chi connectivity index (χ1v) is 28.8. The number of fused-ring (bicyclic) bond motifs is 12. The van der Waals surface area contributed by atoms with E-state index in [0.29, 0.717) is 17.3 Å². The highest BCUT2D eigenvalue weighted by Crippen LogP contribution is 2.95. The van der Waals surface area contributed by atoms with Crippen LogP contribution in [0, 0.1) is 42.9 Å². The second kappa shape index (κ2) is 14.5. The number of rotatable bonds is 7. The van der Waals surface area contributed by atoms with Crippen molar-refractivity contribution in [3.63, 3.8) is 0 Å². The number of hydrogen-bond acceptors (Lipinski definition) is 3. The van der Waals surface area contributed by atoms with Crippen molar-refractivity contribution in [2.75, 3.05) is 27.2 Å². The van der Waals surface area contributed by atoms with Crippen molar-refractivity contribution < 1.29 is 0 Å². The molecule has 0 aromatic heterocycles. The van der Waals surface area contributed by atoms with Crippen molar-refractivity contribution in [3.05, 3.63) is 229 Å². The van der Waals surface area contributed by atoms with E-state index in [1.807, 2.05) is 0 Å². The molecule has 2 aliphatic heterocycles. The molecule has 4 saturated carbocycles. The van der Waals surface area contributed by atoms with Crippen LogP contribution in [0.2, 0.25) is 0 Å². The predicted octanol–water partition coefficient (Wildman–Crippen LogP) is 15.3. The molecule has 2 spiro atoms. The van der Waals surface area contributed by atoms with Crippen LogP contribution in [0.25, 0.3) is 11.1 Å². The summed E-state index contributed by atoms with van der Waals surface area (Å²) in [5, 5.41) is 0. The van der Waals surface area contributed by atoms with Crippen LogP contribution in [-0.2, 0) is 5.41 Å². The summed E-state index contributed by atoms with van der Waals surface area (Å²) >= 11 is 0. The predicted molar refractivity (Wildman–Crippen MR) is 303 cm³/mol. The number of hydrogen-bond donors (Lipinski definition) is 0. The molecule has 9 aromatic carbocycles. The third-order valence-corrected chi connectivity index (χ3v) is 22.2. The molecule has 0 N–H and O–H groups in total. The Bertz CT molecular complexity index is 3660. The summed E-state index contributed by atoms with van der Waals surface area (Å²) < 4.78 is 0. The van der Waals surface area contributed by atoms with Crippen LogP contribution in [0.1, 0.15) is 41.5 Å². The molecule has 348 valence electrons. The Hall–Kier alpha value is -7.21. The maximum atomic E-state index is 2.78. The van der Waals surface area contributed by atoms with Crippen LogP contribution in [0.4, 0.5) is 51.2 Å². The van der Waals surface area contributed by atoms with Crippen LogP contribution >= 0.6 is 10.0 Å². The highest BCUT2D eigenvalue weighted by Gasteiger charge is 2.91. The lowest BCUT2D eigenvalue weighted by Crippen LogP contribution is -2.88. The largest absolute Gasteiger partial charge is 0.311 e. The van der Waals surface area contributed by atoms with Gasteiger partial charge in [0.2, 0.25) is 0 Å². The maximum Gasteiger partial charge on any atom is 0.252 e. The summed E-state index contributed by atoms with van der Waals surface area (Å²) in [6.07, 6.45) is 9.40. The highest BCUT2D eigenvalue weighted by molar-refractivity contribution is 8.33. The van der Waals surface area contributed by atoms with Crippen LogP contribution < -0.4 is 31.1 Å². The molecule has 4 atom stereocenters. The first-order valence-electron chi connectivity index (χ1n) is 26.3. The molecule has 5 heteroatoms. The van der Waals surface area contributed by atoms with Gasteiger partial charge in [-0.15, -0.1) is 0 Å². The second-order valence-corrected chi connectivity index (χ2v) is 26.1. The van der Waals surface area contributed by atoms with Gasteiger partial charge in [0.15, 0.2) is 0 Å². The summed E-state index contributed by atoms with van der Waals surface area (Å²) in [6, 6.07) is 79.0. The van der Waals surface area contributed by atoms with E-state index in [9.17, 15) is 0 Å². The van der Waals surface area contributed by atoms with Crippen LogP contribution in [0.5, 0.6) is 0 Å². The zero-order valence-electron chi connectivity index (χ0n) is 41.4. The molecule has 4 fully saturated rings. The molecule has 4 unspecified atom stereocenters. The number of anilines is 9. The van der Waals surface area contributed by atoms with Gasteiger partial charge >= 0.3 is 0 Å². The molecule has 0 bridgehead atoms. The van der Waals surface area contributed by atoms with E-state index >= 15 is 0 Å². The zero-order chi connectivity index (χ0) is 47.8. The average Bonchev–Trinajstić information content (AvgIpc) is 3.81. The fourth-order valence-electron chi connectivity index (χ4n) is 16.6. The number of benzene rings is 9. The monoisotopic (exact) mass is 945 g/mol. The molecule has 5 aliphatic carbocycles. The number of aryl methyl sites for hydroxylation is 2. The Kier molecular flexibility index (Phi) is 8.33. The average molecular weight is 946 g/mol. The van der Waals surface area contributed by atoms with Crippen LogP contribution in [0.15, 0.2) is 216 Å². The molecule has 0 amide bonds. The molecular formula is C67H56BN3S. The van der Waals surface area contributed by atoms with Gasteiger partial charge in [-0.3, -0.25) is 0 Å². The molecular weight excluding hydrogens is 890 g/mol. The summed E-state index contributed by atoms with van der Waals surface area (Å²) in [6.45, 7) is 4.51. The van der Waals surface area contributed by atoms with E-state index in [1.165, 1.54) is 102 Å². The smallest absolute Gasteiger partial charge is 0.252 e. The van der Waals surface area contributed by atoms with Gasteiger partial charge in [-0.25, -0.2) is 0 Å². The third-order valence-electron chi connectivity index (χ3n) is 19.3. The molecule has 72 heavy (non-hydrogen) atoms. The van der Waals surface area contributed by atoms with E-state index < -0.39 is 10.0 Å². The maximum absolute atomic E-state index is 2.78. The SMILES string of the molecule is Cc1ccc(N2c3ccc(C)cc3B3c4ccc(N(c5ccccc5)c5ccccc5)cc4N(c4ccccc4)c4c3c2c2c(c4S(C)(C)c3ccccc3)-c3ccccc3C23C2CC4CC5CC3C452)cc1. The van der Waals surface area contributed by atoms with Gasteiger partial charge in [-0.05, 0) is 192 Å². The molecule has 7 aliphatic rings. The third kappa shape index (κ3) is 4.96. The van der Waals surface area contributed by atoms with Crippen LogP contribution in [0.3, 0.4) is 0 Å². The Balaban J connectivity index is 1.10. The van der Waals surface area contributed by atoms with E-state index in [4.69, 9.17) is 0 Å². The molecule has 2 heterocycles. The summed E-state index contributed by atoms with van der Waals surface area (Å²) in [5.74, 6) is 3.13. The van der Waals surface area contributed by atoms with Crippen molar-refractivity contribution >= 4 is 84.3 Å². The first-order chi connectivity index (χ1) is 35.3. The van der Waals surface area contributed by atoms with Crippen molar-refractivity contribution in [3.8, 4) is 11.1 Å². The number of para-hydroxylation sites is 3. The van der Waals surface area contributed by atoms with Gasteiger partial charge in [0, 0.05) is 61.4 Å². The van der Waals surface area contributed by atoms with Gasteiger partial charge in [0.1, 0.15) is 0 Å². The minimum atomic E-state index is -1.74. The Morgan fingerprint density at radius 3 is 1.76 bits per heavy atom. The Morgan fingerprint density at radius 1 is 0.514 bits per heavy atom. The Labute approximate surface area is 426 Å². The quantitative estimate of drug-likeness (QED) is 0.147. The van der Waals surface area contributed by atoms with Gasteiger partial charge in [0.25, 0.3) is 6.71 Å². The standard InChI is InChI=1S/C67H56BN3S/c1-42-29-32-49(33-30-42)70-56-36-31-43(2)37-55(56)68-54-35-34-50(69(46-19-9-5-10-20-46)47-21-11-6-12-22-47)41-57(54)71(48-23-13-7-14-24-48)64-62(68)63(70)61-60(65(64)72(3,4)51-25-15-8-16-26-51)52-27-17-18-28-53(52)67(61)58-39-44-38-45-40-59(67)66(44,45)58/h5-37,41,44-45,58-59H,38-40H2,1-4H3. The molecule has 3 nitrogen and oxygen atoms in total. The minimum Gasteiger partial charge on any atom is -0.311 e. The normalized spacial score (nSPS) is 23.9. The first kappa shape index (κ1) is 41.4. The Morgan fingerprint density at radius 2 is 1.10 bits per heavy atom. The van der Waals surface area contributed by atoms with Crippen molar-refractivity contribution in [2.45, 2.75) is 48.3 Å². The fourth-order valence-corrected chi connectivity index (χ4v) is 19.1. The van der Waals surface area contributed by atoms with Gasteiger partial charge in [-0.2, -0.15) is 10.0 Å². The molecule has 0 radical (unpaired) electrons. The zero-order valence-corrected chi connectivity index (χ0v) is 42.2. The summed E-state index contributed by atoms with van der Waals surface area (Å²) in [5.41, 5.74) is 24.7. The van der Waals surface area contributed by atoms with Crippen molar-refractivity contribution in [1.82, 2.24) is 0 Å². The molecule has 9 aromatic rings. The van der Waals surface area contributed by atoms with Crippen molar-refractivity contribution in [1.29, 1.82) is 0 Å². The minimum absolute atomic E-state index is 0.0192. The molecule has 16 rings (SSSR count). The van der Waals surface area contributed by atoms with E-state index in [1.54, 1.807) is 11.1 Å². The highest BCUT2D eigenvalue weighted by atomic mass is 32.3. The lowest BCUT2D eigenvalue weighted by atomic mass is 9.11. The topological polar surface area (TPSA) is 9.72 Å². The molecule has 0 saturated heterocycles. The van der Waals surface area contributed by atoms with E-state index in [-0.39, 0.29) is 12.1 Å². The summed E-state index contributed by atoms with van der Waals surface area (Å²) in [7, 11) is -1.74. The van der Waals surface area contributed by atoms with Crippen molar-refractivity contribution in [2.24, 2.45) is 29.1 Å². The lowest BCUT2D eigenvalue weighted by molar-refractivity contribution is -0.412. The van der Waals surface area contributed by atoms with E-state index in [0.717, 1.165) is 28.9 Å². The number of nitrogens with zero attached hydrogens (tertiary/aromatic N) is 3. The second-order valence-electron chi connectivity index (χ2n) is 22.5. The van der Waals surface area contributed by atoms with E-state index in [2.05, 4.69) is 247 Å². The van der Waals surface area contributed by atoms with Gasteiger partial charge in [-0.1, -0.05) is 139 Å². The van der Waals surface area contributed by atoms with Gasteiger partial charge < -0.3 is 14.7 Å². The summed E-state index contributed by atoms with van der Waals surface area (Å²) in [4.78, 5) is 10.9. The van der Waals surface area contributed by atoms with Crippen LogP contribution in [-0.4, -0.2) is 19.2 Å². The lowest BCUT2D eigenvalue weighted by Gasteiger charge is -2.92. The fraction of sp³-hybridized carbons (Fsp3) is 0.194.